The smallest absolute Gasteiger partial charge is 0.410 e. The Hall–Kier alpha value is -2.54. The topological polar surface area (TPSA) is 79.9 Å². The molecule has 0 unspecified atom stereocenters. The first-order valence-corrected chi connectivity index (χ1v) is 10.9. The average molecular weight is 432 g/mol. The number of carbonyl (C=O) groups excluding carboxylic acids is 2. The van der Waals surface area contributed by atoms with Crippen LogP contribution in [0.1, 0.15) is 59.1 Å². The third-order valence-corrected chi connectivity index (χ3v) is 5.19. The van der Waals surface area contributed by atoms with E-state index in [1.165, 1.54) is 5.57 Å². The van der Waals surface area contributed by atoms with E-state index in [2.05, 4.69) is 16.7 Å². The average Bonchev–Trinajstić information content (AvgIpc) is 2.72. The fraction of sp³-hybridized carbons (Fsp3) is 0.583. The molecule has 7 heteroatoms. The highest BCUT2D eigenvalue weighted by molar-refractivity contribution is 5.81. The number of amides is 2. The number of methoxy groups -OCH3 is 1. The van der Waals surface area contributed by atoms with Crippen LogP contribution < -0.4 is 15.4 Å². The van der Waals surface area contributed by atoms with Crippen molar-refractivity contribution in [2.75, 3.05) is 26.7 Å². The van der Waals surface area contributed by atoms with Gasteiger partial charge in [-0.3, -0.25) is 10.1 Å². The lowest BCUT2D eigenvalue weighted by Crippen LogP contribution is -2.43. The number of rotatable bonds is 8. The van der Waals surface area contributed by atoms with Crippen LogP contribution >= 0.6 is 0 Å². The van der Waals surface area contributed by atoms with Gasteiger partial charge in [0.25, 0.3) is 0 Å². The second kappa shape index (κ2) is 11.2. The van der Waals surface area contributed by atoms with Crippen LogP contribution in [-0.4, -0.2) is 55.3 Å². The van der Waals surface area contributed by atoms with Gasteiger partial charge >= 0.3 is 6.09 Å². The van der Waals surface area contributed by atoms with Crippen molar-refractivity contribution in [3.8, 4) is 5.75 Å². The molecule has 2 N–H and O–H groups in total. The van der Waals surface area contributed by atoms with Gasteiger partial charge in [-0.05, 0) is 65.2 Å². The molecular formula is C24H37N3O4. The van der Waals surface area contributed by atoms with Crippen molar-refractivity contribution >= 4 is 12.0 Å². The van der Waals surface area contributed by atoms with E-state index in [1.54, 1.807) is 12.0 Å². The quantitative estimate of drug-likeness (QED) is 0.612. The minimum atomic E-state index is -0.486. The van der Waals surface area contributed by atoms with Crippen molar-refractivity contribution in [2.45, 2.75) is 65.1 Å². The number of nitrogens with zero attached hydrogens (tertiary/aromatic N) is 1. The third-order valence-electron chi connectivity index (χ3n) is 5.19. The summed E-state index contributed by atoms with van der Waals surface area (Å²) in [6, 6.07) is 7.54. The lowest BCUT2D eigenvalue weighted by Gasteiger charge is -2.29. The summed E-state index contributed by atoms with van der Waals surface area (Å²) in [6.45, 7) is 11.3. The zero-order chi connectivity index (χ0) is 23.0. The van der Waals surface area contributed by atoms with Crippen molar-refractivity contribution in [2.24, 2.45) is 0 Å². The second-order valence-electron chi connectivity index (χ2n) is 8.97. The SMILES string of the molecule is COc1cccc([C@H](C)N[C@H](C)C(=O)NCCC2=CCN(C(=O)OC(C)(C)C)CC2)c1. The Labute approximate surface area is 186 Å². The van der Waals surface area contributed by atoms with Gasteiger partial charge in [-0.1, -0.05) is 23.8 Å². The molecule has 1 aromatic carbocycles. The van der Waals surface area contributed by atoms with Gasteiger partial charge in [0, 0.05) is 25.7 Å². The number of benzene rings is 1. The molecule has 2 amide bonds. The fourth-order valence-corrected chi connectivity index (χ4v) is 3.39. The van der Waals surface area contributed by atoms with Crippen LogP contribution in [0.5, 0.6) is 5.75 Å². The van der Waals surface area contributed by atoms with Gasteiger partial charge in [-0.25, -0.2) is 4.79 Å². The molecule has 2 atom stereocenters. The summed E-state index contributed by atoms with van der Waals surface area (Å²) >= 11 is 0. The molecule has 172 valence electrons. The van der Waals surface area contributed by atoms with E-state index in [0.717, 1.165) is 24.2 Å². The van der Waals surface area contributed by atoms with Crippen LogP contribution in [-0.2, 0) is 9.53 Å². The first-order valence-electron chi connectivity index (χ1n) is 10.9. The summed E-state index contributed by atoms with van der Waals surface area (Å²) in [5, 5.41) is 6.33. The van der Waals surface area contributed by atoms with Crippen molar-refractivity contribution in [3.05, 3.63) is 41.5 Å². The van der Waals surface area contributed by atoms with Crippen LogP contribution in [0.2, 0.25) is 0 Å². The molecule has 1 aromatic rings. The minimum absolute atomic E-state index is 0.0238. The fourth-order valence-electron chi connectivity index (χ4n) is 3.39. The highest BCUT2D eigenvalue weighted by Gasteiger charge is 2.23. The van der Waals surface area contributed by atoms with Crippen molar-refractivity contribution in [3.63, 3.8) is 0 Å². The van der Waals surface area contributed by atoms with E-state index >= 15 is 0 Å². The molecule has 0 spiro atoms. The molecule has 31 heavy (non-hydrogen) atoms. The maximum atomic E-state index is 12.5. The van der Waals surface area contributed by atoms with E-state index in [0.29, 0.717) is 19.6 Å². The molecule has 1 aliphatic rings. The van der Waals surface area contributed by atoms with Crippen molar-refractivity contribution in [1.82, 2.24) is 15.5 Å². The monoisotopic (exact) mass is 431 g/mol. The normalized spacial score (nSPS) is 16.2. The van der Waals surface area contributed by atoms with Crippen LogP contribution in [0.3, 0.4) is 0 Å². The lowest BCUT2D eigenvalue weighted by molar-refractivity contribution is -0.122. The standard InChI is InChI=1S/C24H37N3O4/c1-17(20-8-7-9-21(16-20)30-6)26-18(2)22(28)25-13-10-19-11-14-27(15-12-19)23(29)31-24(3,4)5/h7-9,11,16-18,26H,10,12-15H2,1-6H3,(H,25,28)/t17-,18+/m0/s1. The zero-order valence-corrected chi connectivity index (χ0v) is 19.7. The summed E-state index contributed by atoms with van der Waals surface area (Å²) in [4.78, 5) is 26.3. The number of carbonyl (C=O) groups is 2. The van der Waals surface area contributed by atoms with Crippen molar-refractivity contribution < 1.29 is 19.1 Å². The number of hydrogen-bond donors (Lipinski definition) is 2. The van der Waals surface area contributed by atoms with Crippen LogP contribution in [0.4, 0.5) is 4.79 Å². The minimum Gasteiger partial charge on any atom is -0.497 e. The van der Waals surface area contributed by atoms with Gasteiger partial charge in [-0.2, -0.15) is 0 Å². The summed E-state index contributed by atoms with van der Waals surface area (Å²) in [6.07, 6.45) is 3.37. The first-order chi connectivity index (χ1) is 14.6. The van der Waals surface area contributed by atoms with E-state index in [4.69, 9.17) is 9.47 Å². The Morgan fingerprint density at radius 1 is 1.23 bits per heavy atom. The Morgan fingerprint density at radius 2 is 1.97 bits per heavy atom. The first kappa shape index (κ1) is 24.7. The molecule has 0 radical (unpaired) electrons. The lowest BCUT2D eigenvalue weighted by atomic mass is 10.0. The van der Waals surface area contributed by atoms with Gasteiger partial charge in [0.05, 0.1) is 13.2 Å². The van der Waals surface area contributed by atoms with Gasteiger partial charge < -0.3 is 19.7 Å². The molecule has 0 aromatic heterocycles. The summed E-state index contributed by atoms with van der Waals surface area (Å²) < 4.78 is 10.7. The van der Waals surface area contributed by atoms with Crippen LogP contribution in [0, 0.1) is 0 Å². The largest absolute Gasteiger partial charge is 0.497 e. The molecule has 1 heterocycles. The van der Waals surface area contributed by atoms with Crippen LogP contribution in [0.15, 0.2) is 35.9 Å². The second-order valence-corrected chi connectivity index (χ2v) is 8.97. The third kappa shape index (κ3) is 8.25. The summed E-state index contributed by atoms with van der Waals surface area (Å²) in [7, 11) is 1.64. The molecule has 0 bridgehead atoms. The van der Waals surface area contributed by atoms with E-state index in [1.807, 2.05) is 58.9 Å². The molecular weight excluding hydrogens is 394 g/mol. The molecule has 1 aliphatic heterocycles. The zero-order valence-electron chi connectivity index (χ0n) is 19.7. The predicted molar refractivity (Wildman–Crippen MR) is 122 cm³/mol. The molecule has 0 fully saturated rings. The molecule has 7 nitrogen and oxygen atoms in total. The van der Waals surface area contributed by atoms with E-state index in [-0.39, 0.29) is 24.1 Å². The summed E-state index contributed by atoms with van der Waals surface area (Å²) in [5.74, 6) is 0.774. The molecule has 0 saturated heterocycles. The van der Waals surface area contributed by atoms with Gasteiger partial charge in [0.1, 0.15) is 11.4 Å². The van der Waals surface area contributed by atoms with Gasteiger partial charge in [-0.15, -0.1) is 0 Å². The molecule has 2 rings (SSSR count). The molecule has 0 saturated carbocycles. The number of ether oxygens (including phenoxy) is 2. The Kier molecular flexibility index (Phi) is 8.92. The highest BCUT2D eigenvalue weighted by Crippen LogP contribution is 2.19. The van der Waals surface area contributed by atoms with E-state index in [9.17, 15) is 9.59 Å². The van der Waals surface area contributed by atoms with Gasteiger partial charge in [0.2, 0.25) is 5.91 Å². The van der Waals surface area contributed by atoms with Gasteiger partial charge in [0.15, 0.2) is 0 Å². The number of nitrogens with one attached hydrogen (secondary N) is 2. The molecule has 0 aliphatic carbocycles. The highest BCUT2D eigenvalue weighted by atomic mass is 16.6. The Bertz CT molecular complexity index is 785. The number of hydrogen-bond acceptors (Lipinski definition) is 5. The van der Waals surface area contributed by atoms with Crippen LogP contribution in [0.25, 0.3) is 0 Å². The summed E-state index contributed by atoms with van der Waals surface area (Å²) in [5.41, 5.74) is 1.84. The van der Waals surface area contributed by atoms with Crippen molar-refractivity contribution in [1.29, 1.82) is 0 Å². The van der Waals surface area contributed by atoms with E-state index < -0.39 is 5.60 Å². The Morgan fingerprint density at radius 3 is 2.58 bits per heavy atom. The Balaban J connectivity index is 1.73. The predicted octanol–water partition coefficient (Wildman–Crippen LogP) is 3.81. The maximum absolute atomic E-state index is 12.5. The maximum Gasteiger partial charge on any atom is 0.410 e.